The molecule has 0 radical (unpaired) electrons. The Morgan fingerprint density at radius 1 is 1.47 bits per heavy atom. The highest BCUT2D eigenvalue weighted by molar-refractivity contribution is 6.29. The standard InChI is InChI=1S/C15H22ClN3/c1-5-7-11-19(10-6-2)13(4)18-14-8-9-15(16)17-12(14)3/h5,8-9H,1,6-7,10-11H2,2-4H3/b18-13+. The predicted molar refractivity (Wildman–Crippen MR) is 83.4 cm³/mol. The van der Waals surface area contributed by atoms with Gasteiger partial charge in [-0.2, -0.15) is 0 Å². The molecule has 0 aromatic carbocycles. The van der Waals surface area contributed by atoms with Gasteiger partial charge in [0, 0.05) is 13.1 Å². The molecule has 0 bridgehead atoms. The summed E-state index contributed by atoms with van der Waals surface area (Å²) < 4.78 is 0. The Balaban J connectivity index is 2.89. The maximum absolute atomic E-state index is 5.85. The van der Waals surface area contributed by atoms with Gasteiger partial charge in [-0.3, -0.25) is 0 Å². The van der Waals surface area contributed by atoms with Crippen molar-refractivity contribution < 1.29 is 0 Å². The van der Waals surface area contributed by atoms with Crippen molar-refractivity contribution in [1.29, 1.82) is 0 Å². The minimum Gasteiger partial charge on any atom is -0.360 e. The molecule has 3 nitrogen and oxygen atoms in total. The van der Waals surface area contributed by atoms with Crippen LogP contribution in [0.1, 0.15) is 32.4 Å². The van der Waals surface area contributed by atoms with E-state index in [9.17, 15) is 0 Å². The van der Waals surface area contributed by atoms with E-state index in [1.807, 2.05) is 26.0 Å². The van der Waals surface area contributed by atoms with Crippen LogP contribution in [0.25, 0.3) is 0 Å². The van der Waals surface area contributed by atoms with Crippen molar-refractivity contribution in [3.05, 3.63) is 35.6 Å². The van der Waals surface area contributed by atoms with Gasteiger partial charge in [0.05, 0.1) is 11.4 Å². The van der Waals surface area contributed by atoms with Gasteiger partial charge >= 0.3 is 0 Å². The SMILES string of the molecule is C=CCCN(CCC)/C(C)=N/c1ccc(Cl)nc1C. The van der Waals surface area contributed by atoms with Crippen molar-refractivity contribution in [2.45, 2.75) is 33.6 Å². The Bertz CT molecular complexity index is 455. The van der Waals surface area contributed by atoms with E-state index in [1.54, 1.807) is 6.07 Å². The average Bonchev–Trinajstić information content (AvgIpc) is 2.37. The number of halogens is 1. The van der Waals surface area contributed by atoms with Crippen LogP contribution in [0, 0.1) is 6.92 Å². The summed E-state index contributed by atoms with van der Waals surface area (Å²) in [7, 11) is 0. The zero-order valence-electron chi connectivity index (χ0n) is 12.0. The van der Waals surface area contributed by atoms with Crippen molar-refractivity contribution in [3.63, 3.8) is 0 Å². The first-order valence-electron chi connectivity index (χ1n) is 6.62. The van der Waals surface area contributed by atoms with Crippen LogP contribution in [-0.4, -0.2) is 28.8 Å². The van der Waals surface area contributed by atoms with Gasteiger partial charge < -0.3 is 4.90 Å². The molecule has 1 aromatic heterocycles. The first kappa shape index (κ1) is 15.7. The normalized spacial score (nSPS) is 11.5. The lowest BCUT2D eigenvalue weighted by molar-refractivity contribution is 0.422. The van der Waals surface area contributed by atoms with Crippen LogP contribution in [0.3, 0.4) is 0 Å². The summed E-state index contributed by atoms with van der Waals surface area (Å²) in [6, 6.07) is 3.68. The molecule has 1 rings (SSSR count). The molecule has 1 aromatic rings. The van der Waals surface area contributed by atoms with Crippen molar-refractivity contribution in [2.24, 2.45) is 4.99 Å². The third kappa shape index (κ3) is 5.03. The Morgan fingerprint density at radius 3 is 2.79 bits per heavy atom. The molecule has 1 heterocycles. The molecule has 0 saturated carbocycles. The van der Waals surface area contributed by atoms with Gasteiger partial charge in [0.15, 0.2) is 0 Å². The first-order valence-corrected chi connectivity index (χ1v) is 7.00. The van der Waals surface area contributed by atoms with Gasteiger partial charge in [0.2, 0.25) is 0 Å². The van der Waals surface area contributed by atoms with Crippen molar-refractivity contribution in [3.8, 4) is 0 Å². The van der Waals surface area contributed by atoms with E-state index in [0.717, 1.165) is 43.1 Å². The van der Waals surface area contributed by atoms with Crippen LogP contribution in [0.2, 0.25) is 5.15 Å². The highest BCUT2D eigenvalue weighted by Crippen LogP contribution is 2.19. The maximum atomic E-state index is 5.85. The summed E-state index contributed by atoms with van der Waals surface area (Å²) in [6.07, 6.45) is 4.00. The Labute approximate surface area is 121 Å². The third-order valence-electron chi connectivity index (χ3n) is 2.86. The summed E-state index contributed by atoms with van der Waals surface area (Å²) in [6.45, 7) is 11.9. The fourth-order valence-corrected chi connectivity index (χ4v) is 2.03. The van der Waals surface area contributed by atoms with Crippen LogP contribution in [-0.2, 0) is 0 Å². The van der Waals surface area contributed by atoms with Crippen LogP contribution in [0.4, 0.5) is 5.69 Å². The van der Waals surface area contributed by atoms with E-state index in [-0.39, 0.29) is 0 Å². The molecule has 0 atom stereocenters. The zero-order valence-corrected chi connectivity index (χ0v) is 12.7. The topological polar surface area (TPSA) is 28.5 Å². The number of pyridine rings is 1. The van der Waals surface area contributed by atoms with Crippen LogP contribution < -0.4 is 0 Å². The van der Waals surface area contributed by atoms with E-state index in [2.05, 4.69) is 28.4 Å². The minimum absolute atomic E-state index is 0.506. The van der Waals surface area contributed by atoms with Gasteiger partial charge in [-0.05, 0) is 38.8 Å². The summed E-state index contributed by atoms with van der Waals surface area (Å²) >= 11 is 5.85. The predicted octanol–water partition coefficient (Wildman–Crippen LogP) is 4.38. The van der Waals surface area contributed by atoms with Crippen LogP contribution in [0.15, 0.2) is 29.8 Å². The lowest BCUT2D eigenvalue weighted by atomic mass is 10.3. The minimum atomic E-state index is 0.506. The zero-order chi connectivity index (χ0) is 14.3. The molecule has 0 N–H and O–H groups in total. The molecule has 104 valence electrons. The molecule has 0 aliphatic carbocycles. The van der Waals surface area contributed by atoms with Gasteiger partial charge in [0.25, 0.3) is 0 Å². The van der Waals surface area contributed by atoms with Crippen molar-refractivity contribution >= 4 is 23.1 Å². The number of amidine groups is 1. The number of nitrogens with zero attached hydrogens (tertiary/aromatic N) is 3. The molecule has 19 heavy (non-hydrogen) atoms. The van der Waals surface area contributed by atoms with E-state index in [1.165, 1.54) is 0 Å². The Hall–Kier alpha value is -1.35. The average molecular weight is 280 g/mol. The van der Waals surface area contributed by atoms with E-state index in [0.29, 0.717) is 5.15 Å². The highest BCUT2D eigenvalue weighted by Gasteiger charge is 2.06. The second kappa shape index (κ2) is 7.95. The smallest absolute Gasteiger partial charge is 0.129 e. The summed E-state index contributed by atoms with van der Waals surface area (Å²) in [5.74, 6) is 1.01. The highest BCUT2D eigenvalue weighted by atomic mass is 35.5. The lowest BCUT2D eigenvalue weighted by Crippen LogP contribution is -2.30. The number of rotatable bonds is 6. The van der Waals surface area contributed by atoms with Gasteiger partial charge in [-0.1, -0.05) is 24.6 Å². The summed E-state index contributed by atoms with van der Waals surface area (Å²) in [5.41, 5.74) is 1.73. The van der Waals surface area contributed by atoms with Crippen molar-refractivity contribution in [1.82, 2.24) is 9.88 Å². The van der Waals surface area contributed by atoms with E-state index < -0.39 is 0 Å². The monoisotopic (exact) mass is 279 g/mol. The number of aryl methyl sites for hydroxylation is 1. The summed E-state index contributed by atoms with van der Waals surface area (Å²) in [5, 5.41) is 0.506. The van der Waals surface area contributed by atoms with Crippen LogP contribution >= 0.6 is 11.6 Å². The van der Waals surface area contributed by atoms with E-state index >= 15 is 0 Å². The molecule has 0 fully saturated rings. The van der Waals surface area contributed by atoms with Crippen LogP contribution in [0.5, 0.6) is 0 Å². The molecule has 0 aliphatic rings. The summed E-state index contributed by atoms with van der Waals surface area (Å²) in [4.78, 5) is 11.1. The van der Waals surface area contributed by atoms with Crippen molar-refractivity contribution in [2.75, 3.05) is 13.1 Å². The molecular weight excluding hydrogens is 258 g/mol. The maximum Gasteiger partial charge on any atom is 0.129 e. The second-order valence-corrected chi connectivity index (χ2v) is 4.85. The van der Waals surface area contributed by atoms with Gasteiger partial charge in [-0.15, -0.1) is 6.58 Å². The quantitative estimate of drug-likeness (QED) is 0.335. The molecule has 0 aliphatic heterocycles. The molecule has 0 spiro atoms. The molecule has 0 unspecified atom stereocenters. The largest absolute Gasteiger partial charge is 0.360 e. The van der Waals surface area contributed by atoms with Gasteiger partial charge in [0.1, 0.15) is 11.0 Å². The molecule has 0 saturated heterocycles. The third-order valence-corrected chi connectivity index (χ3v) is 3.07. The number of aliphatic imine (C=N–C) groups is 1. The fraction of sp³-hybridized carbons (Fsp3) is 0.467. The molecular formula is C15H22ClN3. The number of hydrogen-bond acceptors (Lipinski definition) is 2. The molecule has 4 heteroatoms. The van der Waals surface area contributed by atoms with Gasteiger partial charge in [-0.25, -0.2) is 9.98 Å². The lowest BCUT2D eigenvalue weighted by Gasteiger charge is -2.23. The Kier molecular flexibility index (Phi) is 6.57. The molecule has 0 amide bonds. The fourth-order valence-electron chi connectivity index (χ4n) is 1.84. The first-order chi connectivity index (χ1) is 9.08. The Morgan fingerprint density at radius 2 is 2.21 bits per heavy atom. The van der Waals surface area contributed by atoms with E-state index in [4.69, 9.17) is 11.6 Å². The second-order valence-electron chi connectivity index (χ2n) is 4.46. The number of aromatic nitrogens is 1. The number of hydrogen-bond donors (Lipinski definition) is 0.